The van der Waals surface area contributed by atoms with Crippen LogP contribution in [0, 0.1) is 0 Å². The van der Waals surface area contributed by atoms with Crippen molar-refractivity contribution in [3.8, 4) is 0 Å². The molecule has 0 atom stereocenters. The molecule has 0 fully saturated rings. The maximum atomic E-state index is 13.3. The quantitative estimate of drug-likeness (QED) is 0.724. The zero-order valence-corrected chi connectivity index (χ0v) is 13.9. The van der Waals surface area contributed by atoms with Crippen molar-refractivity contribution in [1.82, 2.24) is 0 Å². The van der Waals surface area contributed by atoms with Gasteiger partial charge in [0.05, 0.1) is 30.5 Å². The summed E-state index contributed by atoms with van der Waals surface area (Å²) in [6, 6.07) is 5.95. The van der Waals surface area contributed by atoms with Crippen LogP contribution in [0.4, 0.5) is 24.5 Å². The van der Waals surface area contributed by atoms with Gasteiger partial charge in [0, 0.05) is 12.3 Å². The zero-order chi connectivity index (χ0) is 19.2. The molecule has 2 aromatic rings. The van der Waals surface area contributed by atoms with Crippen molar-refractivity contribution < 1.29 is 31.9 Å². The minimum Gasteiger partial charge on any atom is -0.459 e. The summed E-state index contributed by atoms with van der Waals surface area (Å²) < 4.78 is 49.8. The summed E-state index contributed by atoms with van der Waals surface area (Å²) in [6.45, 7) is 2.27. The Morgan fingerprint density at radius 3 is 2.58 bits per heavy atom. The molecule has 26 heavy (non-hydrogen) atoms. The standard InChI is InChI=1S/C17H17F3N2O4/c1-2-25-9-7-15(23)22-13-6-5-11(10-12(13)17(18,19)20)21-16(24)14-4-3-8-26-14/h3-6,8,10H,2,7,9H2,1H3,(H,21,24)(H,22,23). The number of benzene rings is 1. The molecule has 0 radical (unpaired) electrons. The van der Waals surface area contributed by atoms with Gasteiger partial charge in [-0.2, -0.15) is 13.2 Å². The van der Waals surface area contributed by atoms with Crippen LogP contribution < -0.4 is 10.6 Å². The number of furan rings is 1. The molecular formula is C17H17F3N2O4. The molecule has 0 aliphatic carbocycles. The maximum Gasteiger partial charge on any atom is 0.418 e. The maximum absolute atomic E-state index is 13.3. The summed E-state index contributed by atoms with van der Waals surface area (Å²) >= 11 is 0. The van der Waals surface area contributed by atoms with Gasteiger partial charge in [-0.15, -0.1) is 0 Å². The van der Waals surface area contributed by atoms with Gasteiger partial charge in [0.15, 0.2) is 5.76 Å². The first-order valence-corrected chi connectivity index (χ1v) is 7.75. The number of anilines is 2. The number of halogens is 3. The fourth-order valence-electron chi connectivity index (χ4n) is 2.09. The summed E-state index contributed by atoms with van der Waals surface area (Å²) in [4.78, 5) is 23.6. The molecule has 140 valence electrons. The minimum absolute atomic E-state index is 0.0353. The molecule has 6 nitrogen and oxygen atoms in total. The van der Waals surface area contributed by atoms with E-state index in [-0.39, 0.29) is 24.5 Å². The zero-order valence-electron chi connectivity index (χ0n) is 13.9. The molecule has 2 amide bonds. The van der Waals surface area contributed by atoms with Gasteiger partial charge in [-0.05, 0) is 37.3 Å². The fraction of sp³-hybridized carbons (Fsp3) is 0.294. The molecule has 1 aromatic carbocycles. The number of carbonyl (C=O) groups excluding carboxylic acids is 2. The van der Waals surface area contributed by atoms with E-state index in [4.69, 9.17) is 9.15 Å². The Morgan fingerprint density at radius 1 is 1.19 bits per heavy atom. The first-order valence-electron chi connectivity index (χ1n) is 7.75. The van der Waals surface area contributed by atoms with Crippen LogP contribution in [0.15, 0.2) is 41.0 Å². The lowest BCUT2D eigenvalue weighted by atomic mass is 10.1. The number of carbonyl (C=O) groups is 2. The second-order valence-corrected chi connectivity index (χ2v) is 5.18. The van der Waals surface area contributed by atoms with E-state index in [1.165, 1.54) is 24.5 Å². The highest BCUT2D eigenvalue weighted by molar-refractivity contribution is 6.02. The van der Waals surface area contributed by atoms with Gasteiger partial charge < -0.3 is 19.8 Å². The van der Waals surface area contributed by atoms with Crippen LogP contribution in [0.5, 0.6) is 0 Å². The summed E-state index contributed by atoms with van der Waals surface area (Å²) in [6.07, 6.45) is -3.51. The Hall–Kier alpha value is -2.81. The molecular weight excluding hydrogens is 353 g/mol. The molecule has 2 rings (SSSR count). The van der Waals surface area contributed by atoms with E-state index in [0.717, 1.165) is 12.1 Å². The van der Waals surface area contributed by atoms with Gasteiger partial charge in [0.25, 0.3) is 5.91 Å². The molecule has 0 aliphatic heterocycles. The van der Waals surface area contributed by atoms with E-state index in [1.807, 2.05) is 0 Å². The molecule has 0 bridgehead atoms. The van der Waals surface area contributed by atoms with Crippen molar-refractivity contribution >= 4 is 23.2 Å². The van der Waals surface area contributed by atoms with Crippen molar-refractivity contribution in [3.05, 3.63) is 47.9 Å². The number of ether oxygens (including phenoxy) is 1. The Bertz CT molecular complexity index is 758. The highest BCUT2D eigenvalue weighted by Gasteiger charge is 2.34. The van der Waals surface area contributed by atoms with Crippen molar-refractivity contribution in [2.24, 2.45) is 0 Å². The topological polar surface area (TPSA) is 80.6 Å². The van der Waals surface area contributed by atoms with E-state index in [1.54, 1.807) is 6.92 Å². The number of rotatable bonds is 7. The van der Waals surface area contributed by atoms with Crippen LogP contribution in [0.25, 0.3) is 0 Å². The lowest BCUT2D eigenvalue weighted by Crippen LogP contribution is -2.19. The summed E-state index contributed by atoms with van der Waals surface area (Å²) in [5.74, 6) is -1.32. The second-order valence-electron chi connectivity index (χ2n) is 5.18. The van der Waals surface area contributed by atoms with Crippen molar-refractivity contribution in [1.29, 1.82) is 0 Å². The molecule has 0 spiro atoms. The average molecular weight is 370 g/mol. The summed E-state index contributed by atoms with van der Waals surface area (Å²) in [5.41, 5.74) is -1.54. The average Bonchev–Trinajstić information content (AvgIpc) is 3.10. The van der Waals surface area contributed by atoms with Crippen LogP contribution in [0.2, 0.25) is 0 Å². The van der Waals surface area contributed by atoms with E-state index >= 15 is 0 Å². The number of hydrogen-bond acceptors (Lipinski definition) is 4. The number of amides is 2. The first-order chi connectivity index (χ1) is 12.3. The minimum atomic E-state index is -4.71. The normalized spacial score (nSPS) is 11.2. The van der Waals surface area contributed by atoms with Gasteiger partial charge >= 0.3 is 6.18 Å². The lowest BCUT2D eigenvalue weighted by Gasteiger charge is -2.15. The Morgan fingerprint density at radius 2 is 1.96 bits per heavy atom. The van der Waals surface area contributed by atoms with Gasteiger partial charge in [0.1, 0.15) is 0 Å². The molecule has 1 aromatic heterocycles. The van der Waals surface area contributed by atoms with Crippen LogP contribution in [0.3, 0.4) is 0 Å². The highest BCUT2D eigenvalue weighted by atomic mass is 19.4. The van der Waals surface area contributed by atoms with E-state index in [9.17, 15) is 22.8 Å². The highest BCUT2D eigenvalue weighted by Crippen LogP contribution is 2.36. The van der Waals surface area contributed by atoms with E-state index in [2.05, 4.69) is 10.6 Å². The fourth-order valence-corrected chi connectivity index (χ4v) is 2.09. The lowest BCUT2D eigenvalue weighted by molar-refractivity contribution is -0.136. The largest absolute Gasteiger partial charge is 0.459 e. The molecule has 1 heterocycles. The predicted molar refractivity (Wildman–Crippen MR) is 87.8 cm³/mol. The van der Waals surface area contributed by atoms with Crippen LogP contribution in [0.1, 0.15) is 29.5 Å². The van der Waals surface area contributed by atoms with Crippen molar-refractivity contribution in [2.45, 2.75) is 19.5 Å². The Kier molecular flexibility index (Phi) is 6.40. The van der Waals surface area contributed by atoms with Crippen molar-refractivity contribution in [3.63, 3.8) is 0 Å². The third-order valence-corrected chi connectivity index (χ3v) is 3.28. The molecule has 0 aliphatic rings. The third-order valence-electron chi connectivity index (χ3n) is 3.28. The summed E-state index contributed by atoms with van der Waals surface area (Å²) in [7, 11) is 0. The summed E-state index contributed by atoms with van der Waals surface area (Å²) in [5, 5.41) is 4.53. The number of alkyl halides is 3. The molecule has 0 unspecified atom stereocenters. The number of nitrogens with one attached hydrogen (secondary N) is 2. The van der Waals surface area contributed by atoms with Crippen LogP contribution >= 0.6 is 0 Å². The smallest absolute Gasteiger partial charge is 0.418 e. The molecule has 0 saturated carbocycles. The van der Waals surface area contributed by atoms with Gasteiger partial charge in [-0.1, -0.05) is 0 Å². The molecule has 0 saturated heterocycles. The Labute approximate surface area is 147 Å². The SMILES string of the molecule is CCOCCC(=O)Nc1ccc(NC(=O)c2ccco2)cc1C(F)(F)F. The first kappa shape index (κ1) is 19.5. The van der Waals surface area contributed by atoms with Gasteiger partial charge in [0.2, 0.25) is 5.91 Å². The number of hydrogen-bond donors (Lipinski definition) is 2. The third kappa shape index (κ3) is 5.35. The van der Waals surface area contributed by atoms with Crippen molar-refractivity contribution in [2.75, 3.05) is 23.8 Å². The Balaban J connectivity index is 2.16. The van der Waals surface area contributed by atoms with Gasteiger partial charge in [-0.25, -0.2) is 0 Å². The van der Waals surface area contributed by atoms with Gasteiger partial charge in [-0.3, -0.25) is 9.59 Å². The van der Waals surface area contributed by atoms with Crippen LogP contribution in [-0.4, -0.2) is 25.0 Å². The van der Waals surface area contributed by atoms with E-state index < -0.39 is 29.2 Å². The monoisotopic (exact) mass is 370 g/mol. The second kappa shape index (κ2) is 8.52. The predicted octanol–water partition coefficient (Wildman–Crippen LogP) is 3.92. The molecule has 9 heteroatoms. The van der Waals surface area contributed by atoms with E-state index in [0.29, 0.717) is 6.61 Å². The molecule has 2 N–H and O–H groups in total. The van der Waals surface area contributed by atoms with Crippen LogP contribution in [-0.2, 0) is 15.7 Å².